The molecule has 0 aliphatic carbocycles. The number of carbonyl (C=O) groups excluding carboxylic acids is 1. The van der Waals surface area contributed by atoms with E-state index in [2.05, 4.69) is 15.0 Å². The monoisotopic (exact) mass is 528 g/mol. The smallest absolute Gasteiger partial charge is 0.305 e. The van der Waals surface area contributed by atoms with E-state index in [1.165, 1.54) is 6.07 Å². The molecule has 4 heterocycles. The molecule has 0 saturated carbocycles. The number of aromatic amines is 1. The molecule has 0 spiro atoms. The number of hydrogen-bond donors (Lipinski definition) is 1. The lowest BCUT2D eigenvalue weighted by atomic mass is 10.0. The molecule has 2 unspecified atom stereocenters. The maximum absolute atomic E-state index is 14.9. The average Bonchev–Trinajstić information content (AvgIpc) is 3.50. The van der Waals surface area contributed by atoms with Crippen molar-refractivity contribution in [1.82, 2.24) is 19.9 Å². The van der Waals surface area contributed by atoms with Crippen LogP contribution in [0.25, 0.3) is 10.8 Å². The van der Waals surface area contributed by atoms with E-state index in [1.807, 2.05) is 36.4 Å². The Morgan fingerprint density at radius 1 is 1.05 bits per heavy atom. The highest BCUT2D eigenvalue weighted by molar-refractivity contribution is 5.95. The lowest BCUT2D eigenvalue weighted by Gasteiger charge is -2.22. The number of hydrogen-bond acceptors (Lipinski definition) is 5. The van der Waals surface area contributed by atoms with E-state index in [0.29, 0.717) is 42.6 Å². The van der Waals surface area contributed by atoms with Gasteiger partial charge in [-0.2, -0.15) is 0 Å². The first-order chi connectivity index (χ1) is 18.9. The van der Waals surface area contributed by atoms with Crippen molar-refractivity contribution in [3.8, 4) is 5.88 Å². The molecule has 2 saturated heterocycles. The van der Waals surface area contributed by atoms with Crippen molar-refractivity contribution in [3.05, 3.63) is 99.3 Å². The SMILES string of the molecule is COc1cccc(CN2CC3CN(C(=O)c4cc(Cc5c6ccccc6c(=O)[nH][n+]5C)ccc4F)CC3C2)n1. The Morgan fingerprint density at radius 2 is 1.79 bits per heavy atom. The van der Waals surface area contributed by atoms with Gasteiger partial charge in [-0.3, -0.25) is 14.5 Å². The number of fused-ring (bicyclic) bond motifs is 2. The summed E-state index contributed by atoms with van der Waals surface area (Å²) in [6.07, 6.45) is 0.451. The van der Waals surface area contributed by atoms with Crippen LogP contribution >= 0.6 is 0 Å². The summed E-state index contributed by atoms with van der Waals surface area (Å²) >= 11 is 0. The summed E-state index contributed by atoms with van der Waals surface area (Å²) in [5, 5.41) is 4.28. The summed E-state index contributed by atoms with van der Waals surface area (Å²) in [6.45, 7) is 3.74. The molecule has 2 fully saturated rings. The Balaban J connectivity index is 1.16. The van der Waals surface area contributed by atoms with Gasteiger partial charge < -0.3 is 9.64 Å². The third-order valence-electron chi connectivity index (χ3n) is 8.01. The number of benzene rings is 2. The molecule has 2 aliphatic rings. The molecule has 0 radical (unpaired) electrons. The van der Waals surface area contributed by atoms with Crippen LogP contribution < -0.4 is 15.0 Å². The van der Waals surface area contributed by atoms with Gasteiger partial charge in [0.1, 0.15) is 5.82 Å². The van der Waals surface area contributed by atoms with Gasteiger partial charge in [0.25, 0.3) is 5.91 Å². The second-order valence-electron chi connectivity index (χ2n) is 10.6. The third-order valence-corrected chi connectivity index (χ3v) is 8.01. The van der Waals surface area contributed by atoms with Gasteiger partial charge in [-0.1, -0.05) is 24.3 Å². The summed E-state index contributed by atoms with van der Waals surface area (Å²) in [5.74, 6) is 0.549. The number of nitrogens with one attached hydrogen (secondary N) is 1. The van der Waals surface area contributed by atoms with Crippen LogP contribution in [0.2, 0.25) is 0 Å². The van der Waals surface area contributed by atoms with Crippen molar-refractivity contribution >= 4 is 16.7 Å². The first kappa shape index (κ1) is 25.2. The fourth-order valence-corrected chi connectivity index (χ4v) is 6.09. The van der Waals surface area contributed by atoms with E-state index in [0.717, 1.165) is 42.0 Å². The van der Waals surface area contributed by atoms with E-state index in [1.54, 1.807) is 41.9 Å². The maximum Gasteiger partial charge on any atom is 0.305 e. The number of aryl methyl sites for hydroxylation is 1. The Kier molecular flexibility index (Phi) is 6.60. The van der Waals surface area contributed by atoms with Crippen molar-refractivity contribution in [2.24, 2.45) is 18.9 Å². The van der Waals surface area contributed by atoms with Gasteiger partial charge in [0.15, 0.2) is 7.05 Å². The number of methoxy groups -OCH3 is 1. The number of likely N-dealkylation sites (tertiary alicyclic amines) is 2. The van der Waals surface area contributed by atoms with Gasteiger partial charge in [0, 0.05) is 38.8 Å². The van der Waals surface area contributed by atoms with Crippen LogP contribution in [0, 0.1) is 17.7 Å². The van der Waals surface area contributed by atoms with E-state index in [9.17, 15) is 14.0 Å². The van der Waals surface area contributed by atoms with Crippen LogP contribution in [0.4, 0.5) is 4.39 Å². The molecule has 200 valence electrons. The molecule has 4 aromatic rings. The van der Waals surface area contributed by atoms with E-state index in [-0.39, 0.29) is 17.0 Å². The predicted molar refractivity (Wildman–Crippen MR) is 144 cm³/mol. The molecule has 1 N–H and O–H groups in total. The Morgan fingerprint density at radius 3 is 2.54 bits per heavy atom. The molecular formula is C30H31FN5O3+. The fraction of sp³-hybridized carbons (Fsp3) is 0.333. The number of aromatic nitrogens is 3. The van der Waals surface area contributed by atoms with Crippen molar-refractivity contribution in [3.63, 3.8) is 0 Å². The van der Waals surface area contributed by atoms with Crippen LogP contribution in [0.5, 0.6) is 5.88 Å². The zero-order valence-electron chi connectivity index (χ0n) is 22.1. The Labute approximate surface area is 225 Å². The number of pyridine rings is 1. The maximum atomic E-state index is 14.9. The molecule has 9 heteroatoms. The first-order valence-electron chi connectivity index (χ1n) is 13.2. The molecule has 2 aromatic heterocycles. The number of amides is 1. The van der Waals surface area contributed by atoms with Crippen LogP contribution in [0.3, 0.4) is 0 Å². The summed E-state index contributed by atoms with van der Waals surface area (Å²) in [6, 6.07) is 17.9. The predicted octanol–water partition coefficient (Wildman–Crippen LogP) is 2.69. The molecule has 2 aromatic carbocycles. The van der Waals surface area contributed by atoms with Gasteiger partial charge in [0.05, 0.1) is 35.6 Å². The summed E-state index contributed by atoms with van der Waals surface area (Å²) in [4.78, 5) is 34.5. The van der Waals surface area contributed by atoms with Crippen molar-refractivity contribution < 1.29 is 18.6 Å². The number of nitrogens with zero attached hydrogens (tertiary/aromatic N) is 4. The van der Waals surface area contributed by atoms with E-state index < -0.39 is 5.82 Å². The normalized spacial score (nSPS) is 19.0. The van der Waals surface area contributed by atoms with Crippen LogP contribution in [0.1, 0.15) is 27.3 Å². The molecule has 0 bridgehead atoms. The van der Waals surface area contributed by atoms with Crippen molar-refractivity contribution in [2.75, 3.05) is 33.3 Å². The summed E-state index contributed by atoms with van der Waals surface area (Å²) in [5.41, 5.74) is 2.59. The second kappa shape index (κ2) is 10.2. The average molecular weight is 529 g/mol. The van der Waals surface area contributed by atoms with Gasteiger partial charge >= 0.3 is 5.56 Å². The van der Waals surface area contributed by atoms with Crippen LogP contribution in [0.15, 0.2) is 65.5 Å². The van der Waals surface area contributed by atoms with Crippen molar-refractivity contribution in [1.29, 1.82) is 0 Å². The number of halogens is 1. The minimum Gasteiger partial charge on any atom is -0.481 e. The lowest BCUT2D eigenvalue weighted by Crippen LogP contribution is -2.43. The van der Waals surface area contributed by atoms with Gasteiger partial charge in [-0.05, 0) is 47.7 Å². The molecule has 6 rings (SSSR count). The van der Waals surface area contributed by atoms with Crippen LogP contribution in [-0.4, -0.2) is 59.1 Å². The number of H-pyrrole nitrogens is 1. The van der Waals surface area contributed by atoms with Crippen LogP contribution in [-0.2, 0) is 20.0 Å². The Hall–Kier alpha value is -4.11. The topological polar surface area (TPSA) is 82.4 Å². The zero-order valence-corrected chi connectivity index (χ0v) is 22.1. The fourth-order valence-electron chi connectivity index (χ4n) is 6.09. The molecule has 2 aliphatic heterocycles. The molecule has 2 atom stereocenters. The highest BCUT2D eigenvalue weighted by Gasteiger charge is 2.42. The van der Waals surface area contributed by atoms with E-state index >= 15 is 0 Å². The standard InChI is InChI=1S/C30H30FN5O3/c1-34-27(23-7-3-4-8-24(23)29(37)33-34)13-19-10-11-26(31)25(12-19)30(38)36-16-20-14-35(15-21(20)17-36)18-22-6-5-9-28(32-22)39-2/h3-12,20-21H,13-18H2,1-2H3/p+1. The first-order valence-corrected chi connectivity index (χ1v) is 13.2. The lowest BCUT2D eigenvalue weighted by molar-refractivity contribution is -0.737. The van der Waals surface area contributed by atoms with Crippen molar-refractivity contribution in [2.45, 2.75) is 13.0 Å². The third kappa shape index (κ3) is 4.90. The largest absolute Gasteiger partial charge is 0.481 e. The zero-order chi connectivity index (χ0) is 27.1. The summed E-state index contributed by atoms with van der Waals surface area (Å²) < 4.78 is 21.9. The van der Waals surface area contributed by atoms with Gasteiger partial charge in [0.2, 0.25) is 11.6 Å². The van der Waals surface area contributed by atoms with Gasteiger partial charge in [-0.15, -0.1) is 9.78 Å². The Bertz CT molecular complexity index is 1610. The minimum absolute atomic E-state index is 0.0984. The second-order valence-corrected chi connectivity index (χ2v) is 10.6. The molecule has 1 amide bonds. The van der Waals surface area contributed by atoms with Gasteiger partial charge in [-0.25, -0.2) is 9.37 Å². The molecule has 8 nitrogen and oxygen atoms in total. The minimum atomic E-state index is -0.512. The highest BCUT2D eigenvalue weighted by Crippen LogP contribution is 2.33. The molecule has 39 heavy (non-hydrogen) atoms. The number of ether oxygens (including phenoxy) is 1. The number of rotatable bonds is 6. The quantitative estimate of drug-likeness (QED) is 0.389. The highest BCUT2D eigenvalue weighted by atomic mass is 19.1. The number of carbonyl (C=O) groups is 1. The van der Waals surface area contributed by atoms with E-state index in [4.69, 9.17) is 4.74 Å². The molecular weight excluding hydrogens is 497 g/mol. The summed E-state index contributed by atoms with van der Waals surface area (Å²) in [7, 11) is 3.40.